The van der Waals surface area contributed by atoms with Crippen molar-refractivity contribution in [3.05, 3.63) is 82.8 Å². The number of halogens is 1. The number of amides is 1. The van der Waals surface area contributed by atoms with Crippen LogP contribution in [0.1, 0.15) is 5.56 Å². The number of ether oxygens (including phenoxy) is 2. The largest absolute Gasteiger partial charge is 0.497 e. The molecular formula is C23H22FN5O4. The summed E-state index contributed by atoms with van der Waals surface area (Å²) in [5.74, 6) is 0.514. The average molecular weight is 451 g/mol. The number of fused-ring (bicyclic) bond motifs is 1. The van der Waals surface area contributed by atoms with Gasteiger partial charge in [0.15, 0.2) is 12.3 Å². The second-order valence-corrected chi connectivity index (χ2v) is 7.23. The van der Waals surface area contributed by atoms with E-state index < -0.39 is 0 Å². The zero-order valence-electron chi connectivity index (χ0n) is 17.9. The molecule has 2 heterocycles. The second-order valence-electron chi connectivity index (χ2n) is 7.23. The summed E-state index contributed by atoms with van der Waals surface area (Å²) in [5, 5.41) is 7.31. The summed E-state index contributed by atoms with van der Waals surface area (Å²) in [5.41, 5.74) is 0.799. The number of hydrogen-bond acceptors (Lipinski definition) is 6. The molecule has 0 atom stereocenters. The SMILES string of the molecule is COc1cccc(OCC(=O)NCCn2ncc3c(=O)n(Cc4cccc(F)c4)cnc32)c1. The van der Waals surface area contributed by atoms with E-state index in [-0.39, 0.29) is 37.0 Å². The Morgan fingerprint density at radius 1 is 1.15 bits per heavy atom. The van der Waals surface area contributed by atoms with Crippen molar-refractivity contribution < 1.29 is 18.7 Å². The van der Waals surface area contributed by atoms with Crippen LogP contribution in [0, 0.1) is 5.82 Å². The zero-order chi connectivity index (χ0) is 23.2. The highest BCUT2D eigenvalue weighted by atomic mass is 19.1. The van der Waals surface area contributed by atoms with Crippen LogP contribution in [0.4, 0.5) is 4.39 Å². The van der Waals surface area contributed by atoms with E-state index in [1.54, 1.807) is 48.2 Å². The third-order valence-electron chi connectivity index (χ3n) is 4.92. The molecule has 0 fully saturated rings. The summed E-state index contributed by atoms with van der Waals surface area (Å²) in [7, 11) is 1.55. The lowest BCUT2D eigenvalue weighted by Gasteiger charge is -2.09. The minimum Gasteiger partial charge on any atom is -0.497 e. The maximum absolute atomic E-state index is 13.4. The Bertz CT molecular complexity index is 1330. The molecule has 0 radical (unpaired) electrons. The quantitative estimate of drug-likeness (QED) is 0.418. The van der Waals surface area contributed by atoms with Gasteiger partial charge in [0.2, 0.25) is 0 Å². The predicted octanol–water partition coefficient (Wildman–Crippen LogP) is 1.98. The van der Waals surface area contributed by atoms with Crippen LogP contribution < -0.4 is 20.3 Å². The number of methoxy groups -OCH3 is 1. The Kier molecular flexibility index (Phi) is 6.63. The molecule has 2 aromatic heterocycles. The molecule has 0 bridgehead atoms. The van der Waals surface area contributed by atoms with Gasteiger partial charge in [-0.1, -0.05) is 18.2 Å². The first-order chi connectivity index (χ1) is 16.0. The van der Waals surface area contributed by atoms with E-state index in [0.29, 0.717) is 34.6 Å². The van der Waals surface area contributed by atoms with Crippen molar-refractivity contribution >= 4 is 16.9 Å². The second kappa shape index (κ2) is 9.94. The fourth-order valence-corrected chi connectivity index (χ4v) is 3.30. The molecule has 9 nitrogen and oxygen atoms in total. The molecule has 0 saturated heterocycles. The Morgan fingerprint density at radius 3 is 2.79 bits per heavy atom. The first-order valence-corrected chi connectivity index (χ1v) is 10.2. The van der Waals surface area contributed by atoms with Gasteiger partial charge in [0, 0.05) is 12.6 Å². The van der Waals surface area contributed by atoms with E-state index in [4.69, 9.17) is 9.47 Å². The lowest BCUT2D eigenvalue weighted by molar-refractivity contribution is -0.123. The number of benzene rings is 2. The zero-order valence-corrected chi connectivity index (χ0v) is 17.9. The van der Waals surface area contributed by atoms with Crippen LogP contribution in [-0.4, -0.2) is 45.5 Å². The summed E-state index contributed by atoms with van der Waals surface area (Å²) in [4.78, 5) is 29.2. The van der Waals surface area contributed by atoms with Gasteiger partial charge in [-0.25, -0.2) is 14.1 Å². The number of carbonyl (C=O) groups is 1. The molecular weight excluding hydrogens is 429 g/mol. The third-order valence-corrected chi connectivity index (χ3v) is 4.92. The molecule has 33 heavy (non-hydrogen) atoms. The van der Waals surface area contributed by atoms with Crippen LogP contribution in [0.3, 0.4) is 0 Å². The maximum atomic E-state index is 13.4. The number of aromatic nitrogens is 4. The van der Waals surface area contributed by atoms with Crippen LogP contribution in [0.2, 0.25) is 0 Å². The van der Waals surface area contributed by atoms with Crippen LogP contribution in [0.5, 0.6) is 11.5 Å². The van der Waals surface area contributed by atoms with Crippen molar-refractivity contribution in [3.8, 4) is 11.5 Å². The molecule has 0 spiro atoms. The summed E-state index contributed by atoms with van der Waals surface area (Å²) >= 11 is 0. The number of nitrogens with one attached hydrogen (secondary N) is 1. The molecule has 170 valence electrons. The molecule has 1 amide bonds. The van der Waals surface area contributed by atoms with Crippen LogP contribution in [0.15, 0.2) is 65.8 Å². The van der Waals surface area contributed by atoms with E-state index in [1.165, 1.54) is 29.2 Å². The van der Waals surface area contributed by atoms with Gasteiger partial charge in [-0.15, -0.1) is 0 Å². The highest BCUT2D eigenvalue weighted by Gasteiger charge is 2.11. The van der Waals surface area contributed by atoms with Crippen LogP contribution in [-0.2, 0) is 17.9 Å². The highest BCUT2D eigenvalue weighted by Crippen LogP contribution is 2.18. The lowest BCUT2D eigenvalue weighted by atomic mass is 10.2. The van der Waals surface area contributed by atoms with E-state index in [2.05, 4.69) is 15.4 Å². The van der Waals surface area contributed by atoms with Gasteiger partial charge in [0.05, 0.1) is 26.4 Å². The van der Waals surface area contributed by atoms with Crippen LogP contribution in [0.25, 0.3) is 11.0 Å². The van der Waals surface area contributed by atoms with Crippen LogP contribution >= 0.6 is 0 Å². The van der Waals surface area contributed by atoms with Gasteiger partial charge in [-0.2, -0.15) is 5.10 Å². The summed E-state index contributed by atoms with van der Waals surface area (Å²) in [6, 6.07) is 13.0. The van der Waals surface area contributed by atoms with Crippen molar-refractivity contribution in [3.63, 3.8) is 0 Å². The summed E-state index contributed by atoms with van der Waals surface area (Å²) in [6.45, 7) is 0.671. The van der Waals surface area contributed by atoms with Crippen molar-refractivity contribution in [2.45, 2.75) is 13.1 Å². The Hall–Kier alpha value is -4.21. The molecule has 0 aliphatic carbocycles. The average Bonchev–Trinajstić information content (AvgIpc) is 3.23. The number of rotatable bonds is 9. The Labute approximate surface area is 188 Å². The van der Waals surface area contributed by atoms with Crippen molar-refractivity contribution in [1.82, 2.24) is 24.6 Å². The van der Waals surface area contributed by atoms with Gasteiger partial charge >= 0.3 is 0 Å². The maximum Gasteiger partial charge on any atom is 0.264 e. The Balaban J connectivity index is 1.34. The van der Waals surface area contributed by atoms with E-state index in [0.717, 1.165) is 0 Å². The number of hydrogen-bond donors (Lipinski definition) is 1. The minimum absolute atomic E-state index is 0.143. The standard InChI is InChI=1S/C23H22FN5O4/c1-32-18-6-3-7-19(11-18)33-14-21(30)25-8-9-29-22-20(12-27-29)23(31)28(15-26-22)13-16-4-2-5-17(24)10-16/h2-7,10-12,15H,8-9,13-14H2,1H3,(H,25,30). The number of carbonyl (C=O) groups excluding carboxylic acids is 1. The van der Waals surface area contributed by atoms with Gasteiger partial charge in [-0.3, -0.25) is 14.2 Å². The topological polar surface area (TPSA) is 100 Å². The molecule has 4 rings (SSSR count). The first-order valence-electron chi connectivity index (χ1n) is 10.2. The Morgan fingerprint density at radius 2 is 1.97 bits per heavy atom. The van der Waals surface area contributed by atoms with Gasteiger partial charge in [0.25, 0.3) is 11.5 Å². The molecule has 0 aliphatic heterocycles. The lowest BCUT2D eigenvalue weighted by Crippen LogP contribution is -2.31. The summed E-state index contributed by atoms with van der Waals surface area (Å²) in [6.07, 6.45) is 2.86. The molecule has 0 unspecified atom stereocenters. The van der Waals surface area contributed by atoms with Crippen molar-refractivity contribution in [1.29, 1.82) is 0 Å². The van der Waals surface area contributed by atoms with Gasteiger partial charge in [-0.05, 0) is 29.8 Å². The normalized spacial score (nSPS) is 10.8. The van der Waals surface area contributed by atoms with Gasteiger partial charge < -0.3 is 14.8 Å². The van der Waals surface area contributed by atoms with Crippen molar-refractivity contribution in [2.24, 2.45) is 0 Å². The van der Waals surface area contributed by atoms with E-state index >= 15 is 0 Å². The minimum atomic E-state index is -0.363. The molecule has 10 heteroatoms. The summed E-state index contributed by atoms with van der Waals surface area (Å²) < 4.78 is 26.9. The highest BCUT2D eigenvalue weighted by molar-refractivity contribution is 5.77. The fourth-order valence-electron chi connectivity index (χ4n) is 3.30. The monoisotopic (exact) mass is 451 g/mol. The first kappa shape index (κ1) is 22.0. The molecule has 4 aromatic rings. The fraction of sp³-hybridized carbons (Fsp3) is 0.217. The van der Waals surface area contributed by atoms with Gasteiger partial charge in [0.1, 0.15) is 29.0 Å². The van der Waals surface area contributed by atoms with Crippen molar-refractivity contribution in [2.75, 3.05) is 20.3 Å². The van der Waals surface area contributed by atoms with E-state index in [9.17, 15) is 14.0 Å². The predicted molar refractivity (Wildman–Crippen MR) is 119 cm³/mol. The molecule has 2 aromatic carbocycles. The molecule has 0 aliphatic rings. The third kappa shape index (κ3) is 5.35. The molecule has 0 saturated carbocycles. The molecule has 1 N–H and O–H groups in total. The smallest absolute Gasteiger partial charge is 0.264 e. The van der Waals surface area contributed by atoms with E-state index in [1.807, 2.05) is 0 Å². The number of nitrogens with zero attached hydrogens (tertiary/aromatic N) is 4.